The Kier molecular flexibility index (Phi) is 4.34. The summed E-state index contributed by atoms with van der Waals surface area (Å²) >= 11 is 0. The number of pyridine rings is 1. The van der Waals surface area contributed by atoms with Gasteiger partial charge in [0.05, 0.1) is 27.8 Å². The molecule has 180 valence electrons. The molecule has 0 N–H and O–H groups in total. The van der Waals surface area contributed by atoms with Gasteiger partial charge in [-0.3, -0.25) is 4.57 Å². The molecule has 4 aromatic carbocycles. The minimum atomic E-state index is -0.314. The summed E-state index contributed by atoms with van der Waals surface area (Å²) in [6.45, 7) is 0. The normalized spacial score (nSPS) is 11.8. The fourth-order valence-corrected chi connectivity index (χ4v) is 5.66. The van der Waals surface area contributed by atoms with Crippen LogP contribution in [0.2, 0.25) is 0 Å². The minimum absolute atomic E-state index is 0.314. The van der Waals surface area contributed by atoms with E-state index in [1.807, 2.05) is 33.6 Å². The van der Waals surface area contributed by atoms with Crippen molar-refractivity contribution >= 4 is 43.6 Å². The Bertz CT molecular complexity index is 2150. The maximum Gasteiger partial charge on any atom is 0.140 e. The van der Waals surface area contributed by atoms with E-state index >= 15 is 0 Å². The Morgan fingerprint density at radius 1 is 0.526 bits per heavy atom. The third-order valence-corrected chi connectivity index (χ3v) is 7.28. The molecule has 0 unspecified atom stereocenters. The van der Waals surface area contributed by atoms with Gasteiger partial charge in [0.15, 0.2) is 0 Å². The van der Waals surface area contributed by atoms with Gasteiger partial charge in [-0.05, 0) is 48.5 Å². The predicted octanol–water partition coefficient (Wildman–Crippen LogP) is 7.60. The van der Waals surface area contributed by atoms with Crippen molar-refractivity contribution in [1.82, 2.24) is 23.9 Å². The number of rotatable bonds is 3. The third kappa shape index (κ3) is 2.97. The summed E-state index contributed by atoms with van der Waals surface area (Å²) in [6.07, 6.45) is 5.25. The van der Waals surface area contributed by atoms with Gasteiger partial charge in [0.25, 0.3) is 0 Å². The highest BCUT2D eigenvalue weighted by Crippen LogP contribution is 2.37. The number of halogens is 1. The molecule has 0 aliphatic rings. The quantitative estimate of drug-likeness (QED) is 0.254. The van der Waals surface area contributed by atoms with Gasteiger partial charge in [-0.25, -0.2) is 14.1 Å². The monoisotopic (exact) mass is 493 g/mol. The van der Waals surface area contributed by atoms with E-state index in [1.165, 1.54) is 29.1 Å². The van der Waals surface area contributed by atoms with Gasteiger partial charge in [-0.1, -0.05) is 48.5 Å². The molecule has 0 aliphatic heterocycles. The highest BCUT2D eigenvalue weighted by molar-refractivity contribution is 6.12. The summed E-state index contributed by atoms with van der Waals surface area (Å²) in [6, 6.07) is 34.3. The van der Waals surface area contributed by atoms with Crippen molar-refractivity contribution in [2.45, 2.75) is 0 Å². The smallest absolute Gasteiger partial charge is 0.140 e. The van der Waals surface area contributed by atoms with E-state index < -0.39 is 0 Å². The van der Waals surface area contributed by atoms with Gasteiger partial charge < -0.3 is 4.57 Å². The molecule has 0 fully saturated rings. The number of hydrogen-bond donors (Lipinski definition) is 0. The molecule has 4 heterocycles. The second kappa shape index (κ2) is 7.88. The lowest BCUT2D eigenvalue weighted by Crippen LogP contribution is -1.99. The zero-order valence-electron chi connectivity index (χ0n) is 20.2. The third-order valence-electron chi connectivity index (χ3n) is 7.28. The van der Waals surface area contributed by atoms with Crippen LogP contribution in [0.15, 0.2) is 122 Å². The van der Waals surface area contributed by atoms with Crippen molar-refractivity contribution in [1.29, 1.82) is 0 Å². The van der Waals surface area contributed by atoms with Gasteiger partial charge in [0, 0.05) is 51.9 Å². The second-order valence-electron chi connectivity index (χ2n) is 9.39. The summed E-state index contributed by atoms with van der Waals surface area (Å²) in [7, 11) is 0. The molecule has 0 saturated carbocycles. The van der Waals surface area contributed by atoms with E-state index in [2.05, 4.69) is 87.4 Å². The van der Waals surface area contributed by atoms with E-state index in [0.717, 1.165) is 44.2 Å². The molecule has 0 amide bonds. The largest absolute Gasteiger partial charge is 0.309 e. The highest BCUT2D eigenvalue weighted by atomic mass is 19.1. The molecule has 0 bridgehead atoms. The predicted molar refractivity (Wildman–Crippen MR) is 150 cm³/mol. The van der Waals surface area contributed by atoms with Crippen LogP contribution in [0.4, 0.5) is 4.39 Å². The van der Waals surface area contributed by atoms with Crippen molar-refractivity contribution < 1.29 is 4.39 Å². The van der Waals surface area contributed by atoms with Gasteiger partial charge >= 0.3 is 0 Å². The van der Waals surface area contributed by atoms with E-state index in [9.17, 15) is 4.39 Å². The number of para-hydroxylation sites is 2. The Morgan fingerprint density at radius 2 is 1.16 bits per heavy atom. The lowest BCUT2D eigenvalue weighted by molar-refractivity contribution is 0.624. The van der Waals surface area contributed by atoms with Crippen molar-refractivity contribution in [2.24, 2.45) is 0 Å². The SMILES string of the molecule is Fc1ccnc(-n2c3ccccc3c3ccc(-n4c5ccccc5c5ccc(-n6cccn6)cc54)cc32)c1. The molecule has 0 spiro atoms. The molecular weight excluding hydrogens is 473 g/mol. The van der Waals surface area contributed by atoms with Crippen LogP contribution in [-0.4, -0.2) is 23.9 Å². The van der Waals surface area contributed by atoms with Gasteiger partial charge in [0.1, 0.15) is 11.6 Å². The second-order valence-corrected chi connectivity index (χ2v) is 9.39. The topological polar surface area (TPSA) is 40.6 Å². The Morgan fingerprint density at radius 3 is 1.87 bits per heavy atom. The molecule has 38 heavy (non-hydrogen) atoms. The van der Waals surface area contributed by atoms with Crippen molar-refractivity contribution in [3.8, 4) is 17.2 Å². The molecule has 5 nitrogen and oxygen atoms in total. The molecule has 8 rings (SSSR count). The fraction of sp³-hybridized carbons (Fsp3) is 0. The van der Waals surface area contributed by atoms with E-state index in [4.69, 9.17) is 0 Å². The average molecular weight is 494 g/mol. The Hall–Kier alpha value is -5.23. The Balaban J connectivity index is 1.47. The molecule has 4 aromatic heterocycles. The summed E-state index contributed by atoms with van der Waals surface area (Å²) in [4.78, 5) is 4.52. The number of aromatic nitrogens is 5. The van der Waals surface area contributed by atoms with E-state index in [1.54, 1.807) is 6.20 Å². The minimum Gasteiger partial charge on any atom is -0.309 e. The summed E-state index contributed by atoms with van der Waals surface area (Å²) < 4.78 is 20.5. The number of fused-ring (bicyclic) bond motifs is 6. The van der Waals surface area contributed by atoms with Crippen LogP contribution in [0, 0.1) is 5.82 Å². The number of hydrogen-bond acceptors (Lipinski definition) is 2. The van der Waals surface area contributed by atoms with Crippen LogP contribution < -0.4 is 0 Å². The lowest BCUT2D eigenvalue weighted by Gasteiger charge is -2.11. The highest BCUT2D eigenvalue weighted by Gasteiger charge is 2.17. The first-order valence-electron chi connectivity index (χ1n) is 12.4. The maximum atomic E-state index is 14.3. The molecule has 0 radical (unpaired) electrons. The van der Waals surface area contributed by atoms with E-state index in [-0.39, 0.29) is 5.82 Å². The standard InChI is InChI=1S/C32H20FN5/c33-21-14-16-34-32(18-21)38-29-9-4-2-7-25(29)27-13-11-23(20-31(27)38)37-28-8-3-1-6-24(28)26-12-10-22(19-30(26)37)36-17-5-15-35-36/h1-20H. The molecular formula is C32H20FN5. The fourth-order valence-electron chi connectivity index (χ4n) is 5.66. The molecule has 6 heteroatoms. The van der Waals surface area contributed by atoms with Gasteiger partial charge in [0.2, 0.25) is 0 Å². The van der Waals surface area contributed by atoms with Crippen LogP contribution in [0.3, 0.4) is 0 Å². The van der Waals surface area contributed by atoms with Gasteiger partial charge in [-0.15, -0.1) is 0 Å². The van der Waals surface area contributed by atoms with E-state index in [0.29, 0.717) is 5.82 Å². The van der Waals surface area contributed by atoms with Crippen LogP contribution >= 0.6 is 0 Å². The first kappa shape index (κ1) is 20.9. The summed E-state index contributed by atoms with van der Waals surface area (Å²) in [5, 5.41) is 8.98. The van der Waals surface area contributed by atoms with Crippen LogP contribution in [0.5, 0.6) is 0 Å². The van der Waals surface area contributed by atoms with Crippen molar-refractivity contribution in [2.75, 3.05) is 0 Å². The lowest BCUT2D eigenvalue weighted by atomic mass is 10.1. The summed E-state index contributed by atoms with van der Waals surface area (Å²) in [5.74, 6) is 0.238. The summed E-state index contributed by atoms with van der Waals surface area (Å²) in [5.41, 5.74) is 6.17. The molecule has 0 saturated heterocycles. The number of nitrogens with zero attached hydrogens (tertiary/aromatic N) is 5. The zero-order valence-corrected chi connectivity index (χ0v) is 20.2. The first-order chi connectivity index (χ1) is 18.8. The van der Waals surface area contributed by atoms with Crippen LogP contribution in [-0.2, 0) is 0 Å². The zero-order chi connectivity index (χ0) is 25.2. The van der Waals surface area contributed by atoms with Crippen molar-refractivity contribution in [3.63, 3.8) is 0 Å². The Labute approximate surface area is 216 Å². The number of benzene rings is 4. The molecule has 0 aliphatic carbocycles. The molecule has 8 aromatic rings. The first-order valence-corrected chi connectivity index (χ1v) is 12.4. The average Bonchev–Trinajstić information content (AvgIpc) is 3.67. The van der Waals surface area contributed by atoms with Gasteiger partial charge in [-0.2, -0.15) is 5.10 Å². The maximum absolute atomic E-state index is 14.3. The van der Waals surface area contributed by atoms with Crippen LogP contribution in [0.1, 0.15) is 0 Å². The van der Waals surface area contributed by atoms with Crippen LogP contribution in [0.25, 0.3) is 60.8 Å². The molecule has 0 atom stereocenters. The van der Waals surface area contributed by atoms with Crippen molar-refractivity contribution in [3.05, 3.63) is 128 Å².